The molecule has 1 amide bonds. The number of rotatable bonds is 6. The van der Waals surface area contributed by atoms with Crippen LogP contribution in [-0.2, 0) is 10.2 Å². The number of amides is 1. The number of benzene rings is 2. The molecule has 1 aliphatic carbocycles. The number of hydrogen-bond acceptors (Lipinski definition) is 2. The predicted octanol–water partition coefficient (Wildman–Crippen LogP) is 4.66. The minimum atomic E-state index is -0.0995. The van der Waals surface area contributed by atoms with Crippen molar-refractivity contribution in [3.63, 3.8) is 0 Å². The molecule has 1 aliphatic rings. The monoisotopic (exact) mass is 342 g/mol. The number of carbonyl (C=O) groups excluding carboxylic acids is 1. The first kappa shape index (κ1) is 16.5. The smallest absolute Gasteiger partial charge is 0.207 e. The molecule has 0 bridgehead atoms. The first-order chi connectivity index (χ1) is 12.8. The van der Waals surface area contributed by atoms with Crippen LogP contribution in [0.15, 0.2) is 79.0 Å². The summed E-state index contributed by atoms with van der Waals surface area (Å²) in [6.07, 6.45) is 5.88. The van der Waals surface area contributed by atoms with E-state index in [4.69, 9.17) is 0 Å². The van der Waals surface area contributed by atoms with Gasteiger partial charge in [0.2, 0.25) is 6.41 Å². The maximum Gasteiger partial charge on any atom is 0.207 e. The van der Waals surface area contributed by atoms with E-state index in [-0.39, 0.29) is 11.5 Å². The second-order valence-electron chi connectivity index (χ2n) is 6.93. The Balaban J connectivity index is 1.70. The van der Waals surface area contributed by atoms with E-state index >= 15 is 0 Å². The highest BCUT2D eigenvalue weighted by molar-refractivity contribution is 5.64. The molecule has 0 saturated heterocycles. The first-order valence-electron chi connectivity index (χ1n) is 9.10. The van der Waals surface area contributed by atoms with Crippen LogP contribution >= 0.6 is 0 Å². The first-order valence-corrected chi connectivity index (χ1v) is 9.10. The molecule has 1 unspecified atom stereocenters. The fraction of sp³-hybridized carbons (Fsp3) is 0.217. The minimum absolute atomic E-state index is 0.0789. The van der Waals surface area contributed by atoms with Crippen molar-refractivity contribution in [1.82, 2.24) is 10.3 Å². The average molecular weight is 342 g/mol. The summed E-state index contributed by atoms with van der Waals surface area (Å²) in [6.45, 7) is 0. The standard InChI is InChI=1S/C23H22N2O/c26-17-25-22(21-9-4-5-16-24-21)23(14-6-15-23)20-12-10-19(11-13-20)18-7-2-1-3-8-18/h1-5,7-13,16-17,22H,6,14-15H2,(H,25,26). The van der Waals surface area contributed by atoms with Gasteiger partial charge in [-0.25, -0.2) is 0 Å². The average Bonchev–Trinajstić information content (AvgIpc) is 2.68. The Morgan fingerprint density at radius 1 is 0.885 bits per heavy atom. The minimum Gasteiger partial charge on any atom is -0.349 e. The van der Waals surface area contributed by atoms with Gasteiger partial charge in [0.15, 0.2) is 0 Å². The molecule has 1 heterocycles. The van der Waals surface area contributed by atoms with Crippen LogP contribution in [0.2, 0.25) is 0 Å². The van der Waals surface area contributed by atoms with Gasteiger partial charge in [-0.15, -0.1) is 0 Å². The molecular weight excluding hydrogens is 320 g/mol. The largest absolute Gasteiger partial charge is 0.349 e. The lowest BCUT2D eigenvalue weighted by atomic mass is 9.59. The third kappa shape index (κ3) is 2.90. The fourth-order valence-corrected chi connectivity index (χ4v) is 4.07. The summed E-state index contributed by atoms with van der Waals surface area (Å²) in [7, 11) is 0. The van der Waals surface area contributed by atoms with Crippen LogP contribution in [0.25, 0.3) is 11.1 Å². The van der Waals surface area contributed by atoms with Crippen LogP contribution in [0.5, 0.6) is 0 Å². The van der Waals surface area contributed by atoms with Crippen LogP contribution in [0.4, 0.5) is 0 Å². The van der Waals surface area contributed by atoms with E-state index in [1.54, 1.807) is 6.20 Å². The summed E-state index contributed by atoms with van der Waals surface area (Å²) in [5, 5.41) is 3.04. The van der Waals surface area contributed by atoms with Crippen LogP contribution in [0.1, 0.15) is 36.6 Å². The van der Waals surface area contributed by atoms with E-state index in [0.29, 0.717) is 0 Å². The van der Waals surface area contributed by atoms with Crippen molar-refractivity contribution in [1.29, 1.82) is 0 Å². The lowest BCUT2D eigenvalue weighted by Gasteiger charge is -2.48. The molecule has 4 rings (SSSR count). The topological polar surface area (TPSA) is 42.0 Å². The van der Waals surface area contributed by atoms with Crippen molar-refractivity contribution >= 4 is 6.41 Å². The molecule has 1 atom stereocenters. The van der Waals surface area contributed by atoms with Gasteiger partial charge in [-0.2, -0.15) is 0 Å². The van der Waals surface area contributed by atoms with E-state index in [2.05, 4.69) is 58.8 Å². The Bertz CT molecular complexity index is 856. The Morgan fingerprint density at radius 3 is 2.15 bits per heavy atom. The van der Waals surface area contributed by atoms with E-state index in [9.17, 15) is 4.79 Å². The van der Waals surface area contributed by atoms with E-state index in [1.807, 2.05) is 24.3 Å². The Morgan fingerprint density at radius 2 is 1.58 bits per heavy atom. The number of nitrogens with one attached hydrogen (secondary N) is 1. The molecule has 3 aromatic rings. The summed E-state index contributed by atoms with van der Waals surface area (Å²) in [5.41, 5.74) is 4.54. The Labute approximate surface area is 154 Å². The molecule has 1 fully saturated rings. The molecule has 1 N–H and O–H groups in total. The third-order valence-electron chi connectivity index (χ3n) is 5.58. The van der Waals surface area contributed by atoms with Gasteiger partial charge in [-0.05, 0) is 41.7 Å². The van der Waals surface area contributed by atoms with Crippen molar-refractivity contribution in [2.75, 3.05) is 0 Å². The second-order valence-corrected chi connectivity index (χ2v) is 6.93. The zero-order valence-electron chi connectivity index (χ0n) is 14.6. The van der Waals surface area contributed by atoms with Crippen molar-refractivity contribution in [3.05, 3.63) is 90.3 Å². The summed E-state index contributed by atoms with van der Waals surface area (Å²) >= 11 is 0. The quantitative estimate of drug-likeness (QED) is 0.662. The van der Waals surface area contributed by atoms with Crippen molar-refractivity contribution in [2.45, 2.75) is 30.7 Å². The lowest BCUT2D eigenvalue weighted by Crippen LogP contribution is -2.46. The van der Waals surface area contributed by atoms with Crippen LogP contribution in [0, 0.1) is 0 Å². The molecule has 0 spiro atoms. The molecule has 1 saturated carbocycles. The maximum atomic E-state index is 11.3. The van der Waals surface area contributed by atoms with Gasteiger partial charge in [-0.3, -0.25) is 9.78 Å². The van der Waals surface area contributed by atoms with Gasteiger partial charge >= 0.3 is 0 Å². The highest BCUT2D eigenvalue weighted by Gasteiger charge is 2.46. The highest BCUT2D eigenvalue weighted by Crippen LogP contribution is 2.51. The predicted molar refractivity (Wildman–Crippen MR) is 104 cm³/mol. The maximum absolute atomic E-state index is 11.3. The molecule has 3 heteroatoms. The fourth-order valence-electron chi connectivity index (χ4n) is 4.07. The van der Waals surface area contributed by atoms with Gasteiger partial charge in [0.05, 0.1) is 11.7 Å². The van der Waals surface area contributed by atoms with Crippen molar-refractivity contribution < 1.29 is 4.79 Å². The number of carbonyl (C=O) groups is 1. The van der Waals surface area contributed by atoms with Crippen LogP contribution in [0.3, 0.4) is 0 Å². The van der Waals surface area contributed by atoms with Crippen molar-refractivity contribution in [3.8, 4) is 11.1 Å². The number of aromatic nitrogens is 1. The number of hydrogen-bond donors (Lipinski definition) is 1. The van der Waals surface area contributed by atoms with Gasteiger partial charge < -0.3 is 5.32 Å². The number of nitrogens with zero attached hydrogens (tertiary/aromatic N) is 1. The van der Waals surface area contributed by atoms with E-state index in [0.717, 1.165) is 24.9 Å². The normalized spacial score (nSPS) is 16.3. The summed E-state index contributed by atoms with van der Waals surface area (Å²) in [6, 6.07) is 25.0. The Kier molecular flexibility index (Phi) is 4.53. The SMILES string of the molecule is O=CNC(c1ccccn1)C1(c2ccc(-c3ccccc3)cc2)CCC1. The molecule has 26 heavy (non-hydrogen) atoms. The zero-order chi connectivity index (χ0) is 17.8. The van der Waals surface area contributed by atoms with Crippen LogP contribution in [-0.4, -0.2) is 11.4 Å². The molecular formula is C23H22N2O. The Hall–Kier alpha value is -2.94. The molecule has 3 nitrogen and oxygen atoms in total. The van der Waals surface area contributed by atoms with E-state index < -0.39 is 0 Å². The zero-order valence-corrected chi connectivity index (χ0v) is 14.6. The summed E-state index contributed by atoms with van der Waals surface area (Å²) in [4.78, 5) is 15.8. The summed E-state index contributed by atoms with van der Waals surface area (Å²) in [5.74, 6) is 0. The summed E-state index contributed by atoms with van der Waals surface area (Å²) < 4.78 is 0. The van der Waals surface area contributed by atoms with Gasteiger partial charge in [0.1, 0.15) is 0 Å². The van der Waals surface area contributed by atoms with Crippen LogP contribution < -0.4 is 5.32 Å². The molecule has 1 aromatic heterocycles. The van der Waals surface area contributed by atoms with Gasteiger partial charge in [-0.1, -0.05) is 67.1 Å². The third-order valence-corrected chi connectivity index (χ3v) is 5.58. The second kappa shape index (κ2) is 7.12. The van der Waals surface area contributed by atoms with E-state index in [1.165, 1.54) is 23.1 Å². The molecule has 0 radical (unpaired) electrons. The van der Waals surface area contributed by atoms with Crippen molar-refractivity contribution in [2.24, 2.45) is 0 Å². The molecule has 130 valence electrons. The molecule has 2 aromatic carbocycles. The molecule has 0 aliphatic heterocycles. The lowest BCUT2D eigenvalue weighted by molar-refractivity contribution is -0.111. The number of pyridine rings is 1. The van der Waals surface area contributed by atoms with Gasteiger partial charge in [0.25, 0.3) is 0 Å². The van der Waals surface area contributed by atoms with Gasteiger partial charge in [0, 0.05) is 11.6 Å². The highest BCUT2D eigenvalue weighted by atomic mass is 16.1.